The number of carbonyl (C=O) groups excluding carboxylic acids is 2. The van der Waals surface area contributed by atoms with Crippen molar-refractivity contribution in [3.8, 4) is 0 Å². The van der Waals surface area contributed by atoms with Crippen molar-refractivity contribution in [2.75, 3.05) is 26.2 Å². The Morgan fingerprint density at radius 2 is 1.37 bits per heavy atom. The summed E-state index contributed by atoms with van der Waals surface area (Å²) in [5, 5.41) is 13.2. The van der Waals surface area contributed by atoms with Crippen LogP contribution >= 0.6 is 0 Å². The number of aromatic nitrogens is 6. The molecule has 6 rings (SSSR count). The molecular weight excluding hydrogens is 580 g/mol. The first-order valence-electron chi connectivity index (χ1n) is 16.2. The fraction of sp³-hybridized carbons (Fsp3) is 0.471. The van der Waals surface area contributed by atoms with E-state index in [1.54, 1.807) is 41.9 Å². The molecule has 2 amide bonds. The van der Waals surface area contributed by atoms with E-state index in [0.29, 0.717) is 11.5 Å². The van der Waals surface area contributed by atoms with Crippen LogP contribution in [0.25, 0.3) is 0 Å². The molecule has 2 fully saturated rings. The highest BCUT2D eigenvalue weighted by atomic mass is 16.2. The van der Waals surface area contributed by atoms with Crippen LogP contribution in [0.5, 0.6) is 0 Å². The van der Waals surface area contributed by atoms with E-state index in [9.17, 15) is 9.59 Å². The Kier molecular flexibility index (Phi) is 13.0. The van der Waals surface area contributed by atoms with Gasteiger partial charge in [0.1, 0.15) is 11.5 Å². The van der Waals surface area contributed by atoms with Crippen LogP contribution in [0.15, 0.2) is 73.7 Å². The molecule has 4 aromatic heterocycles. The maximum absolute atomic E-state index is 12.6. The standard InChI is InChI=1S/2C16H21N5O.C2H6/c1-21-12-18-11-14(21)15(22)20-16(5-8-17-9-6-16)10-13-4-2-3-7-19-13;22-15(11-14-19-9-10-20-14)21-16(4-7-17-8-5-16)12-13-3-1-2-6-18-13;1-2/h2-4,7,11-12,17H,5-6,8-10H2,1H3,(H,20,22);1-3,6,9-10,17H,4-5,7-8,11-12H2,(H,19,20)(H,21,22);1-2H3. The third kappa shape index (κ3) is 10.0. The summed E-state index contributed by atoms with van der Waals surface area (Å²) in [6.07, 6.45) is 15.6. The second kappa shape index (κ2) is 17.3. The number of hydrogen-bond acceptors (Lipinski definition) is 8. The molecule has 0 unspecified atom stereocenters. The summed E-state index contributed by atoms with van der Waals surface area (Å²) in [5.74, 6) is 0.630. The lowest BCUT2D eigenvalue weighted by atomic mass is 9.83. The van der Waals surface area contributed by atoms with Gasteiger partial charge in [0.05, 0.1) is 18.9 Å². The quantitative estimate of drug-likeness (QED) is 0.190. The molecule has 0 saturated carbocycles. The maximum Gasteiger partial charge on any atom is 0.269 e. The van der Waals surface area contributed by atoms with E-state index in [0.717, 1.165) is 76.1 Å². The topological polar surface area (TPSA) is 155 Å². The number of imidazole rings is 2. The minimum Gasteiger partial charge on any atom is -0.350 e. The third-order valence-corrected chi connectivity index (χ3v) is 8.33. The van der Waals surface area contributed by atoms with Gasteiger partial charge < -0.3 is 30.8 Å². The molecule has 246 valence electrons. The zero-order valence-electron chi connectivity index (χ0n) is 27.3. The van der Waals surface area contributed by atoms with E-state index in [1.807, 2.05) is 57.3 Å². The summed E-state index contributed by atoms with van der Waals surface area (Å²) in [4.78, 5) is 44.9. The van der Waals surface area contributed by atoms with Gasteiger partial charge in [0.25, 0.3) is 5.91 Å². The normalized spacial score (nSPS) is 16.5. The summed E-state index contributed by atoms with van der Waals surface area (Å²) in [5.41, 5.74) is 2.14. The number of carbonyl (C=O) groups is 2. The first kappa shape index (κ1) is 34.5. The molecule has 2 aliphatic rings. The lowest BCUT2D eigenvalue weighted by Crippen LogP contribution is -2.56. The van der Waals surface area contributed by atoms with Gasteiger partial charge in [0.2, 0.25) is 5.91 Å². The molecular formula is C34H48N10O2. The van der Waals surface area contributed by atoms with Crippen molar-refractivity contribution in [1.29, 1.82) is 0 Å². The molecule has 46 heavy (non-hydrogen) atoms. The number of nitrogens with one attached hydrogen (secondary N) is 5. The van der Waals surface area contributed by atoms with E-state index in [1.165, 1.54) is 0 Å². The van der Waals surface area contributed by atoms with Gasteiger partial charge in [0, 0.05) is 67.1 Å². The molecule has 2 saturated heterocycles. The maximum atomic E-state index is 12.6. The van der Waals surface area contributed by atoms with Crippen molar-refractivity contribution >= 4 is 11.8 Å². The Labute approximate surface area is 271 Å². The smallest absolute Gasteiger partial charge is 0.269 e. The van der Waals surface area contributed by atoms with E-state index in [4.69, 9.17) is 0 Å². The minimum absolute atomic E-state index is 0.00720. The zero-order valence-corrected chi connectivity index (χ0v) is 27.3. The van der Waals surface area contributed by atoms with Crippen LogP contribution in [0.3, 0.4) is 0 Å². The van der Waals surface area contributed by atoms with Gasteiger partial charge in [-0.2, -0.15) is 0 Å². The first-order chi connectivity index (χ1) is 22.4. The summed E-state index contributed by atoms with van der Waals surface area (Å²) < 4.78 is 1.74. The summed E-state index contributed by atoms with van der Waals surface area (Å²) in [7, 11) is 1.83. The average Bonchev–Trinajstić information content (AvgIpc) is 3.75. The zero-order chi connectivity index (χ0) is 32.7. The molecule has 0 radical (unpaired) electrons. The largest absolute Gasteiger partial charge is 0.350 e. The second-order valence-corrected chi connectivity index (χ2v) is 11.7. The van der Waals surface area contributed by atoms with Gasteiger partial charge in [0.15, 0.2) is 0 Å². The van der Waals surface area contributed by atoms with E-state index in [-0.39, 0.29) is 29.3 Å². The molecule has 6 heterocycles. The third-order valence-electron chi connectivity index (χ3n) is 8.33. The summed E-state index contributed by atoms with van der Waals surface area (Å²) >= 11 is 0. The summed E-state index contributed by atoms with van der Waals surface area (Å²) in [6, 6.07) is 11.8. The second-order valence-electron chi connectivity index (χ2n) is 11.7. The van der Waals surface area contributed by atoms with Crippen LogP contribution < -0.4 is 21.3 Å². The Bertz CT molecular complexity index is 1450. The Morgan fingerprint density at radius 1 is 0.804 bits per heavy atom. The number of aryl methyl sites for hydroxylation is 1. The highest BCUT2D eigenvalue weighted by Crippen LogP contribution is 2.24. The SMILES string of the molecule is CC.Cn1cncc1C(=O)NC1(Cc2ccccn2)CCNCC1.O=C(Cc1ncc[nH]1)NC1(Cc2ccccn2)CCNCC1. The molecule has 0 aliphatic carbocycles. The molecule has 0 spiro atoms. The molecule has 0 atom stereocenters. The van der Waals surface area contributed by atoms with Crippen LogP contribution in [0.4, 0.5) is 0 Å². The lowest BCUT2D eigenvalue weighted by molar-refractivity contribution is -0.122. The van der Waals surface area contributed by atoms with Crippen LogP contribution in [-0.2, 0) is 31.1 Å². The number of pyridine rings is 2. The molecule has 0 aromatic carbocycles. The number of rotatable bonds is 9. The minimum atomic E-state index is -0.249. The number of piperidine rings is 2. The molecule has 12 heteroatoms. The Morgan fingerprint density at radius 3 is 1.83 bits per heavy atom. The van der Waals surface area contributed by atoms with Crippen molar-refractivity contribution in [2.45, 2.75) is 69.9 Å². The molecule has 12 nitrogen and oxygen atoms in total. The van der Waals surface area contributed by atoms with E-state index in [2.05, 4.69) is 46.2 Å². The van der Waals surface area contributed by atoms with Crippen molar-refractivity contribution in [3.63, 3.8) is 0 Å². The molecule has 4 aromatic rings. The van der Waals surface area contributed by atoms with Crippen LogP contribution in [0.2, 0.25) is 0 Å². The Hall–Kier alpha value is -4.42. The van der Waals surface area contributed by atoms with Gasteiger partial charge in [-0.25, -0.2) is 9.97 Å². The monoisotopic (exact) mass is 628 g/mol. The lowest BCUT2D eigenvalue weighted by Gasteiger charge is -2.38. The number of aromatic amines is 1. The predicted octanol–water partition coefficient (Wildman–Crippen LogP) is 2.76. The van der Waals surface area contributed by atoms with Crippen molar-refractivity contribution < 1.29 is 9.59 Å². The average molecular weight is 629 g/mol. The van der Waals surface area contributed by atoms with Gasteiger partial charge >= 0.3 is 0 Å². The van der Waals surface area contributed by atoms with Crippen LogP contribution in [0, 0.1) is 0 Å². The highest BCUT2D eigenvalue weighted by molar-refractivity contribution is 5.92. The first-order valence-corrected chi connectivity index (χ1v) is 16.2. The number of H-pyrrole nitrogens is 1. The fourth-order valence-electron chi connectivity index (χ4n) is 5.97. The van der Waals surface area contributed by atoms with Crippen LogP contribution in [0.1, 0.15) is 67.2 Å². The fourth-order valence-corrected chi connectivity index (χ4v) is 5.97. The van der Waals surface area contributed by atoms with Crippen LogP contribution in [-0.4, -0.2) is 78.6 Å². The molecule has 0 bridgehead atoms. The van der Waals surface area contributed by atoms with E-state index < -0.39 is 0 Å². The Balaban J connectivity index is 0.000000198. The van der Waals surface area contributed by atoms with Gasteiger partial charge in [-0.3, -0.25) is 19.6 Å². The van der Waals surface area contributed by atoms with Crippen molar-refractivity contribution in [3.05, 3.63) is 96.6 Å². The van der Waals surface area contributed by atoms with E-state index >= 15 is 0 Å². The molecule has 2 aliphatic heterocycles. The number of amides is 2. The number of nitrogens with zero attached hydrogens (tertiary/aromatic N) is 5. The summed E-state index contributed by atoms with van der Waals surface area (Å²) in [6.45, 7) is 7.62. The van der Waals surface area contributed by atoms with Crippen molar-refractivity contribution in [2.24, 2.45) is 7.05 Å². The van der Waals surface area contributed by atoms with Gasteiger partial charge in [-0.05, 0) is 76.1 Å². The molecule has 5 N–H and O–H groups in total. The van der Waals surface area contributed by atoms with Crippen molar-refractivity contribution in [1.82, 2.24) is 50.8 Å². The highest BCUT2D eigenvalue weighted by Gasteiger charge is 2.35. The van der Waals surface area contributed by atoms with Gasteiger partial charge in [-0.15, -0.1) is 0 Å². The van der Waals surface area contributed by atoms with Gasteiger partial charge in [-0.1, -0.05) is 26.0 Å². The predicted molar refractivity (Wildman–Crippen MR) is 178 cm³/mol. The number of hydrogen-bond donors (Lipinski definition) is 5.